The summed E-state index contributed by atoms with van der Waals surface area (Å²) in [4.78, 5) is 12.6. The van der Waals surface area contributed by atoms with Gasteiger partial charge in [-0.3, -0.25) is 9.69 Å². The molecule has 0 unspecified atom stereocenters. The molecule has 1 rings (SSSR count). The maximum Gasteiger partial charge on any atom is 0.415 e. The highest BCUT2D eigenvalue weighted by atomic mass is 19.4. The van der Waals surface area contributed by atoms with Crippen LogP contribution in [0.25, 0.3) is 0 Å². The Morgan fingerprint density at radius 3 is 2.67 bits per heavy atom. The molecule has 0 saturated carbocycles. The largest absolute Gasteiger partial charge is 0.415 e. The van der Waals surface area contributed by atoms with Crippen LogP contribution in [0.2, 0.25) is 0 Å². The first-order valence-corrected chi connectivity index (χ1v) is 4.80. The van der Waals surface area contributed by atoms with Crippen LogP contribution in [0.3, 0.4) is 0 Å². The van der Waals surface area contributed by atoms with Crippen molar-refractivity contribution in [1.29, 1.82) is 0 Å². The molecular formula is C9H14F3NO2. The maximum atomic E-state index is 12.0. The number of rotatable bonds is 2. The molecule has 0 aromatic carbocycles. The van der Waals surface area contributed by atoms with E-state index in [1.54, 1.807) is 6.92 Å². The third-order valence-electron chi connectivity index (χ3n) is 2.57. The number of aliphatic hydroxyl groups excluding tert-OH is 1. The molecule has 0 aromatic rings. The molecule has 0 aliphatic carbocycles. The second kappa shape index (κ2) is 4.49. The Bertz CT molecular complexity index is 242. The summed E-state index contributed by atoms with van der Waals surface area (Å²) in [5.74, 6) is -0.160. The van der Waals surface area contributed by atoms with Crippen LogP contribution < -0.4 is 0 Å². The first kappa shape index (κ1) is 12.4. The van der Waals surface area contributed by atoms with E-state index in [1.807, 2.05) is 0 Å². The van der Waals surface area contributed by atoms with E-state index in [2.05, 4.69) is 0 Å². The molecule has 1 saturated heterocycles. The van der Waals surface area contributed by atoms with E-state index in [1.165, 1.54) is 4.90 Å². The van der Waals surface area contributed by atoms with Crippen LogP contribution in [0.15, 0.2) is 0 Å². The van der Waals surface area contributed by atoms with Crippen LogP contribution in [0.5, 0.6) is 0 Å². The molecule has 1 fully saturated rings. The number of carbonyl (C=O) groups excluding carboxylic acids is 1. The Balaban J connectivity index is 2.43. The van der Waals surface area contributed by atoms with E-state index < -0.39 is 18.8 Å². The molecule has 6 heteroatoms. The number of hydrogen-bond donors (Lipinski definition) is 1. The minimum Gasteiger partial charge on any atom is -0.382 e. The molecule has 0 radical (unpaired) electrons. The van der Waals surface area contributed by atoms with Crippen LogP contribution in [-0.4, -0.2) is 47.7 Å². The molecule has 88 valence electrons. The summed E-state index contributed by atoms with van der Waals surface area (Å²) in [6.07, 6.45) is -6.63. The Labute approximate surface area is 85.9 Å². The summed E-state index contributed by atoms with van der Waals surface area (Å²) in [5.41, 5.74) is 0. The van der Waals surface area contributed by atoms with E-state index in [0.717, 1.165) is 0 Å². The van der Waals surface area contributed by atoms with Gasteiger partial charge < -0.3 is 5.11 Å². The molecule has 2 atom stereocenters. The predicted octanol–water partition coefficient (Wildman–Crippen LogP) is 0.820. The molecule has 1 aliphatic rings. The fourth-order valence-electron chi connectivity index (χ4n) is 1.61. The minimum absolute atomic E-state index is 0.0766. The van der Waals surface area contributed by atoms with Crippen LogP contribution in [0, 0.1) is 5.92 Å². The van der Waals surface area contributed by atoms with Crippen molar-refractivity contribution in [3.8, 4) is 0 Å². The van der Waals surface area contributed by atoms with Gasteiger partial charge in [0, 0.05) is 32.0 Å². The molecule has 15 heavy (non-hydrogen) atoms. The lowest BCUT2D eigenvalue weighted by molar-refractivity contribution is -0.208. The summed E-state index contributed by atoms with van der Waals surface area (Å²) in [5, 5.41) is 8.84. The molecule has 0 amide bonds. The molecule has 1 aliphatic heterocycles. The van der Waals surface area contributed by atoms with E-state index in [-0.39, 0.29) is 18.1 Å². The highest BCUT2D eigenvalue weighted by Crippen LogP contribution is 2.22. The van der Waals surface area contributed by atoms with Crippen molar-refractivity contribution in [2.45, 2.75) is 25.6 Å². The topological polar surface area (TPSA) is 40.5 Å². The number of nitrogens with zero attached hydrogens (tertiary/aromatic N) is 1. The molecule has 0 aromatic heterocycles. The Hall–Kier alpha value is -0.620. The normalized spacial score (nSPS) is 26.7. The van der Waals surface area contributed by atoms with Gasteiger partial charge in [0.25, 0.3) is 0 Å². The van der Waals surface area contributed by atoms with Crippen molar-refractivity contribution in [2.24, 2.45) is 5.92 Å². The standard InChI is InChI=1S/C9H14F3NO2/c1-6-4-13(3-2-7(6)14)5-8(15)9(10,11)12/h6,8,15H,2-5H2,1H3/t6-,8+/m0/s1. The lowest BCUT2D eigenvalue weighted by atomic mass is 9.98. The summed E-state index contributed by atoms with van der Waals surface area (Å²) in [7, 11) is 0. The van der Waals surface area contributed by atoms with Crippen LogP contribution in [-0.2, 0) is 4.79 Å². The molecule has 1 N–H and O–H groups in total. The highest BCUT2D eigenvalue weighted by Gasteiger charge is 2.40. The SMILES string of the molecule is C[C@H]1CN(C[C@@H](O)C(F)(F)F)CCC1=O. The van der Waals surface area contributed by atoms with Gasteiger partial charge in [0.15, 0.2) is 6.10 Å². The summed E-state index contributed by atoms with van der Waals surface area (Å²) >= 11 is 0. The van der Waals surface area contributed by atoms with Crippen molar-refractivity contribution in [3.05, 3.63) is 0 Å². The second-order valence-electron chi connectivity index (χ2n) is 3.93. The van der Waals surface area contributed by atoms with Crippen LogP contribution in [0.4, 0.5) is 13.2 Å². The average molecular weight is 225 g/mol. The quantitative estimate of drug-likeness (QED) is 0.756. The highest BCUT2D eigenvalue weighted by molar-refractivity contribution is 5.81. The molecule has 0 spiro atoms. The number of aliphatic hydroxyl groups is 1. The van der Waals surface area contributed by atoms with Gasteiger partial charge in [0.2, 0.25) is 0 Å². The number of Topliss-reactive ketones (excluding diaryl/α,β-unsaturated/α-hetero) is 1. The third-order valence-corrected chi connectivity index (χ3v) is 2.57. The molecule has 1 heterocycles. The molecular weight excluding hydrogens is 211 g/mol. The van der Waals surface area contributed by atoms with Gasteiger partial charge in [-0.05, 0) is 0 Å². The zero-order valence-corrected chi connectivity index (χ0v) is 8.42. The summed E-state index contributed by atoms with van der Waals surface area (Å²) in [6, 6.07) is 0. The van der Waals surface area contributed by atoms with Gasteiger partial charge in [-0.1, -0.05) is 6.92 Å². The number of halogens is 3. The summed E-state index contributed by atoms with van der Waals surface area (Å²) in [6.45, 7) is 1.85. The van der Waals surface area contributed by atoms with Crippen LogP contribution >= 0.6 is 0 Å². The lowest BCUT2D eigenvalue weighted by Crippen LogP contribution is -2.46. The van der Waals surface area contributed by atoms with E-state index in [9.17, 15) is 18.0 Å². The number of carbonyl (C=O) groups is 1. The Morgan fingerprint density at radius 2 is 2.20 bits per heavy atom. The zero-order valence-electron chi connectivity index (χ0n) is 8.42. The van der Waals surface area contributed by atoms with Gasteiger partial charge in [0.1, 0.15) is 5.78 Å². The predicted molar refractivity (Wildman–Crippen MR) is 47.3 cm³/mol. The van der Waals surface area contributed by atoms with Crippen LogP contribution in [0.1, 0.15) is 13.3 Å². The van der Waals surface area contributed by atoms with Gasteiger partial charge in [0.05, 0.1) is 0 Å². The lowest BCUT2D eigenvalue weighted by Gasteiger charge is -2.31. The fourth-order valence-corrected chi connectivity index (χ4v) is 1.61. The fraction of sp³-hybridized carbons (Fsp3) is 0.889. The minimum atomic E-state index is -4.58. The van der Waals surface area contributed by atoms with Gasteiger partial charge in [-0.15, -0.1) is 0 Å². The Kier molecular flexibility index (Phi) is 3.72. The summed E-state index contributed by atoms with van der Waals surface area (Å²) < 4.78 is 36.1. The number of hydrogen-bond acceptors (Lipinski definition) is 3. The van der Waals surface area contributed by atoms with Gasteiger partial charge >= 0.3 is 6.18 Å². The van der Waals surface area contributed by atoms with Crippen molar-refractivity contribution >= 4 is 5.78 Å². The first-order valence-electron chi connectivity index (χ1n) is 4.80. The van der Waals surface area contributed by atoms with E-state index in [0.29, 0.717) is 13.1 Å². The monoisotopic (exact) mass is 225 g/mol. The number of alkyl halides is 3. The van der Waals surface area contributed by atoms with Crippen molar-refractivity contribution < 1.29 is 23.1 Å². The van der Waals surface area contributed by atoms with E-state index in [4.69, 9.17) is 5.11 Å². The number of likely N-dealkylation sites (tertiary alicyclic amines) is 1. The molecule has 3 nitrogen and oxygen atoms in total. The smallest absolute Gasteiger partial charge is 0.382 e. The number of ketones is 1. The number of β-amino-alcohol motifs (C(OH)–C–C–N with tert-alkyl or cyclic N) is 1. The van der Waals surface area contributed by atoms with Gasteiger partial charge in [-0.25, -0.2) is 0 Å². The maximum absolute atomic E-state index is 12.0. The van der Waals surface area contributed by atoms with Gasteiger partial charge in [-0.2, -0.15) is 13.2 Å². The average Bonchev–Trinajstić information content (AvgIpc) is 2.10. The zero-order chi connectivity index (χ0) is 11.6. The van der Waals surface area contributed by atoms with Crippen molar-refractivity contribution in [3.63, 3.8) is 0 Å². The van der Waals surface area contributed by atoms with Crippen molar-refractivity contribution in [1.82, 2.24) is 4.90 Å². The Morgan fingerprint density at radius 1 is 1.60 bits per heavy atom. The van der Waals surface area contributed by atoms with Crippen molar-refractivity contribution in [2.75, 3.05) is 19.6 Å². The second-order valence-corrected chi connectivity index (χ2v) is 3.93. The first-order chi connectivity index (χ1) is 6.80. The van der Waals surface area contributed by atoms with E-state index >= 15 is 0 Å². The number of piperidine rings is 1. The molecule has 0 bridgehead atoms. The third kappa shape index (κ3) is 3.46.